The SMILES string of the molecule is CC[C@@H]1[C@@H]2CN(C(=O)[C@H](C(C)(C)C)NC(=O)O[C@]3(C)CCC[C@H]3CCOCC(F)(F)c3nc4ccc(OC)cc4nc3O2)[C@@H]1C=O. The molecule has 2 aromatic rings. The van der Waals surface area contributed by atoms with Crippen LogP contribution in [0.1, 0.15) is 72.4 Å². The number of alkyl halides is 2. The van der Waals surface area contributed by atoms with E-state index in [9.17, 15) is 14.4 Å². The summed E-state index contributed by atoms with van der Waals surface area (Å²) in [5.41, 5.74) is -1.82. The van der Waals surface area contributed by atoms with Gasteiger partial charge in [-0.15, -0.1) is 0 Å². The van der Waals surface area contributed by atoms with Crippen molar-refractivity contribution in [1.29, 1.82) is 0 Å². The smallest absolute Gasteiger partial charge is 0.408 e. The van der Waals surface area contributed by atoms with Gasteiger partial charge in [0, 0.05) is 24.5 Å². The average molecular weight is 647 g/mol. The number of fused-ring (bicyclic) bond motifs is 5. The molecule has 1 N–H and O–H groups in total. The number of nitrogens with one attached hydrogen (secondary N) is 1. The molecule has 1 saturated heterocycles. The van der Waals surface area contributed by atoms with Gasteiger partial charge in [-0.3, -0.25) is 4.79 Å². The standard InChI is InChI=1S/C33H44F2N4O7/c1-7-21-24(17-40)39-16-25(21)45-28-26(36-22-11-10-20(43-6)15-23(22)37-28)33(34,35)18-44-14-12-19-9-8-13-32(19,5)46-30(42)38-27(29(39)41)31(2,3)4/h10-11,15,17,19,21,24-25,27H,7-9,12-14,16,18H2,1-6H3,(H,38,42)/t19-,21-,24+,25-,27+,32+/m0/s1. The Morgan fingerprint density at radius 2 is 1.93 bits per heavy atom. The van der Waals surface area contributed by atoms with Crippen molar-refractivity contribution >= 4 is 29.3 Å². The maximum Gasteiger partial charge on any atom is 0.408 e. The van der Waals surface area contributed by atoms with Gasteiger partial charge in [-0.05, 0) is 56.6 Å². The molecule has 0 spiro atoms. The number of ether oxygens (including phenoxy) is 4. The fourth-order valence-corrected chi connectivity index (χ4v) is 7.01. The van der Waals surface area contributed by atoms with E-state index < -0.39 is 71.2 Å². The summed E-state index contributed by atoms with van der Waals surface area (Å²) >= 11 is 0. The molecule has 0 radical (unpaired) electrons. The lowest BCUT2D eigenvalue weighted by Crippen LogP contribution is -2.57. The van der Waals surface area contributed by atoms with Crippen LogP contribution >= 0.6 is 0 Å². The van der Waals surface area contributed by atoms with Gasteiger partial charge in [-0.1, -0.05) is 27.7 Å². The van der Waals surface area contributed by atoms with Crippen LogP contribution in [0.2, 0.25) is 0 Å². The first-order chi connectivity index (χ1) is 21.7. The van der Waals surface area contributed by atoms with E-state index in [1.807, 2.05) is 34.6 Å². The molecular weight excluding hydrogens is 602 g/mol. The second-order valence-electron chi connectivity index (χ2n) is 13.9. The summed E-state index contributed by atoms with van der Waals surface area (Å²) in [4.78, 5) is 50.1. The Hall–Kier alpha value is -3.61. The minimum atomic E-state index is -3.59. The van der Waals surface area contributed by atoms with Gasteiger partial charge in [-0.2, -0.15) is 8.78 Å². The van der Waals surface area contributed by atoms with Gasteiger partial charge in [-0.25, -0.2) is 14.8 Å². The van der Waals surface area contributed by atoms with Crippen LogP contribution in [0.15, 0.2) is 18.2 Å². The van der Waals surface area contributed by atoms with Gasteiger partial charge in [0.1, 0.15) is 36.4 Å². The third-order valence-corrected chi connectivity index (χ3v) is 9.68. The summed E-state index contributed by atoms with van der Waals surface area (Å²) < 4.78 is 55.0. The Bertz CT molecular complexity index is 1470. The molecule has 2 fully saturated rings. The molecule has 2 bridgehead atoms. The molecule has 5 rings (SSSR count). The molecule has 11 nitrogen and oxygen atoms in total. The summed E-state index contributed by atoms with van der Waals surface area (Å²) in [6.07, 6.45) is 1.95. The van der Waals surface area contributed by atoms with Gasteiger partial charge < -0.3 is 34.0 Å². The number of aldehydes is 1. The highest BCUT2D eigenvalue weighted by Crippen LogP contribution is 2.42. The molecule has 252 valence electrons. The molecule has 1 aliphatic carbocycles. The first kappa shape index (κ1) is 33.7. The number of aromatic nitrogens is 2. The zero-order chi connectivity index (χ0) is 33.4. The van der Waals surface area contributed by atoms with E-state index in [1.54, 1.807) is 18.2 Å². The molecule has 1 saturated carbocycles. The van der Waals surface area contributed by atoms with Crippen LogP contribution in [0.4, 0.5) is 13.6 Å². The number of benzene rings is 1. The second kappa shape index (κ2) is 12.9. The maximum absolute atomic E-state index is 16.0. The minimum Gasteiger partial charge on any atom is -0.497 e. The Morgan fingerprint density at radius 1 is 1.17 bits per heavy atom. The molecule has 3 aliphatic rings. The van der Waals surface area contributed by atoms with E-state index in [-0.39, 0.29) is 30.1 Å². The van der Waals surface area contributed by atoms with Gasteiger partial charge >= 0.3 is 12.0 Å². The van der Waals surface area contributed by atoms with Crippen LogP contribution in [0.5, 0.6) is 11.6 Å². The van der Waals surface area contributed by atoms with Gasteiger partial charge in [0.05, 0.1) is 30.7 Å². The van der Waals surface area contributed by atoms with Gasteiger partial charge in [0.25, 0.3) is 0 Å². The molecular formula is C33H44F2N4O7. The van der Waals surface area contributed by atoms with Crippen molar-refractivity contribution in [2.24, 2.45) is 17.3 Å². The quantitative estimate of drug-likeness (QED) is 0.457. The highest BCUT2D eigenvalue weighted by atomic mass is 19.3. The van der Waals surface area contributed by atoms with E-state index >= 15 is 8.78 Å². The van der Waals surface area contributed by atoms with Crippen molar-refractivity contribution in [2.75, 3.05) is 26.9 Å². The van der Waals surface area contributed by atoms with E-state index in [1.165, 1.54) is 12.0 Å². The summed E-state index contributed by atoms with van der Waals surface area (Å²) in [5, 5.41) is 2.79. The van der Waals surface area contributed by atoms with Crippen molar-refractivity contribution in [1.82, 2.24) is 20.2 Å². The Balaban J connectivity index is 1.60. The Morgan fingerprint density at radius 3 is 2.61 bits per heavy atom. The van der Waals surface area contributed by atoms with Crippen molar-refractivity contribution in [3.8, 4) is 11.6 Å². The van der Waals surface area contributed by atoms with Crippen LogP contribution in [-0.4, -0.2) is 83.8 Å². The third-order valence-electron chi connectivity index (χ3n) is 9.68. The second-order valence-corrected chi connectivity index (χ2v) is 13.9. The number of carbonyl (C=O) groups is 3. The van der Waals surface area contributed by atoms with Crippen LogP contribution in [0.25, 0.3) is 11.0 Å². The largest absolute Gasteiger partial charge is 0.497 e. The Labute approximate surface area is 267 Å². The van der Waals surface area contributed by atoms with E-state index in [2.05, 4.69) is 15.3 Å². The number of halogens is 2. The molecule has 1 aromatic heterocycles. The summed E-state index contributed by atoms with van der Waals surface area (Å²) in [5.74, 6) is -4.71. The number of hydrogen-bond donors (Lipinski definition) is 1. The van der Waals surface area contributed by atoms with Crippen LogP contribution in [0.3, 0.4) is 0 Å². The Kier molecular flexibility index (Phi) is 9.45. The highest BCUT2D eigenvalue weighted by molar-refractivity contribution is 5.89. The predicted octanol–water partition coefficient (Wildman–Crippen LogP) is 5.03. The zero-order valence-electron chi connectivity index (χ0n) is 27.3. The van der Waals surface area contributed by atoms with Gasteiger partial charge in [0.2, 0.25) is 11.8 Å². The van der Waals surface area contributed by atoms with Crippen molar-refractivity contribution < 1.29 is 42.1 Å². The van der Waals surface area contributed by atoms with Crippen LogP contribution in [-0.2, 0) is 25.0 Å². The van der Waals surface area contributed by atoms with Crippen molar-refractivity contribution in [2.45, 2.75) is 96.4 Å². The fourth-order valence-electron chi connectivity index (χ4n) is 7.01. The lowest BCUT2D eigenvalue weighted by Gasteiger charge is -2.37. The van der Waals surface area contributed by atoms with Crippen molar-refractivity contribution in [3.05, 3.63) is 23.9 Å². The number of nitrogens with zero attached hydrogens (tertiary/aromatic N) is 3. The van der Waals surface area contributed by atoms with Crippen LogP contribution in [0, 0.1) is 17.3 Å². The molecule has 46 heavy (non-hydrogen) atoms. The molecule has 2 aliphatic heterocycles. The van der Waals surface area contributed by atoms with Gasteiger partial charge in [0.15, 0.2) is 5.69 Å². The van der Waals surface area contributed by atoms with Crippen LogP contribution < -0.4 is 14.8 Å². The molecule has 0 unspecified atom stereocenters. The number of amides is 2. The summed E-state index contributed by atoms with van der Waals surface area (Å²) in [6, 6.07) is 2.74. The first-order valence-corrected chi connectivity index (χ1v) is 15.9. The molecule has 6 atom stereocenters. The third kappa shape index (κ3) is 6.61. The summed E-state index contributed by atoms with van der Waals surface area (Å²) in [6.45, 7) is 8.03. The molecule has 13 heteroatoms. The number of hydrogen-bond acceptors (Lipinski definition) is 9. The molecule has 1 aromatic carbocycles. The molecule has 3 heterocycles. The van der Waals surface area contributed by atoms with Crippen molar-refractivity contribution in [3.63, 3.8) is 0 Å². The number of rotatable bonds is 3. The fraction of sp³-hybridized carbons (Fsp3) is 0.667. The molecule has 2 amide bonds. The topological polar surface area (TPSA) is 129 Å². The van der Waals surface area contributed by atoms with E-state index in [0.717, 1.165) is 12.8 Å². The minimum absolute atomic E-state index is 0.00877. The number of methoxy groups -OCH3 is 1. The maximum atomic E-state index is 16.0. The predicted molar refractivity (Wildman–Crippen MR) is 164 cm³/mol. The monoisotopic (exact) mass is 646 g/mol. The lowest BCUT2D eigenvalue weighted by atomic mass is 9.85. The number of carbonyl (C=O) groups excluding carboxylic acids is 3. The zero-order valence-corrected chi connectivity index (χ0v) is 27.3. The normalized spacial score (nSPS) is 30.7. The number of alkyl carbamates (subject to hydrolysis) is 1. The van der Waals surface area contributed by atoms with E-state index in [4.69, 9.17) is 18.9 Å². The van der Waals surface area contributed by atoms with E-state index in [0.29, 0.717) is 31.3 Å². The highest BCUT2D eigenvalue weighted by Gasteiger charge is 2.50. The average Bonchev–Trinajstić information content (AvgIpc) is 3.54. The first-order valence-electron chi connectivity index (χ1n) is 15.9. The lowest BCUT2D eigenvalue weighted by molar-refractivity contribution is -0.139. The summed E-state index contributed by atoms with van der Waals surface area (Å²) in [7, 11) is 1.48.